The molecule has 0 amide bonds. The van der Waals surface area contributed by atoms with Crippen molar-refractivity contribution in [1.82, 2.24) is 4.72 Å². The minimum Gasteiger partial charge on any atom is -0.212 e. The zero-order valence-corrected chi connectivity index (χ0v) is 12.0. The molecule has 5 heteroatoms. The zero-order chi connectivity index (χ0) is 12.3. The Morgan fingerprint density at radius 2 is 2.00 bits per heavy atom. The summed E-state index contributed by atoms with van der Waals surface area (Å²) in [7, 11) is -3.23. The summed E-state index contributed by atoms with van der Waals surface area (Å²) in [5, 5.41) is 0. The summed E-state index contributed by atoms with van der Waals surface area (Å²) in [4.78, 5) is 0. The second kappa shape index (κ2) is 5.29. The molecular weight excluding hydrogens is 290 g/mol. The van der Waals surface area contributed by atoms with Gasteiger partial charge in [0.25, 0.3) is 0 Å². The van der Waals surface area contributed by atoms with E-state index in [2.05, 4.69) is 20.7 Å². The molecule has 0 aliphatic rings. The van der Waals surface area contributed by atoms with Crippen molar-refractivity contribution in [3.63, 3.8) is 0 Å². The number of hydrogen-bond acceptors (Lipinski definition) is 2. The van der Waals surface area contributed by atoms with Gasteiger partial charge in [-0.25, -0.2) is 13.1 Å². The fourth-order valence-electron chi connectivity index (χ4n) is 1.59. The Kier molecular flexibility index (Phi) is 4.52. The lowest BCUT2D eigenvalue weighted by Gasteiger charge is -2.16. The van der Waals surface area contributed by atoms with E-state index in [4.69, 9.17) is 0 Å². The molecule has 1 aromatic carbocycles. The van der Waals surface area contributed by atoms with Gasteiger partial charge in [-0.05, 0) is 31.9 Å². The van der Waals surface area contributed by atoms with Crippen molar-refractivity contribution in [2.24, 2.45) is 0 Å². The highest BCUT2D eigenvalue weighted by Gasteiger charge is 2.15. The van der Waals surface area contributed by atoms with Crippen LogP contribution >= 0.6 is 15.9 Å². The minimum atomic E-state index is -3.23. The zero-order valence-electron chi connectivity index (χ0n) is 9.62. The molecule has 0 saturated carbocycles. The molecule has 1 rings (SSSR count). The second-order valence-electron chi connectivity index (χ2n) is 3.92. The summed E-state index contributed by atoms with van der Waals surface area (Å²) in [6.45, 7) is 5.82. The number of alkyl halides is 1. The highest BCUT2D eigenvalue weighted by atomic mass is 79.9. The molecule has 90 valence electrons. The summed E-state index contributed by atoms with van der Waals surface area (Å²) in [6, 6.07) is 5.83. The number of nitrogens with one attached hydrogen (secondary N) is 1. The maximum atomic E-state index is 11.4. The number of benzene rings is 1. The van der Waals surface area contributed by atoms with E-state index >= 15 is 0 Å². The minimum absolute atomic E-state index is 0.0742. The third kappa shape index (κ3) is 3.57. The van der Waals surface area contributed by atoms with Gasteiger partial charge in [0.2, 0.25) is 10.0 Å². The predicted molar refractivity (Wildman–Crippen MR) is 70.2 cm³/mol. The fraction of sp³-hybridized carbons (Fsp3) is 0.455. The van der Waals surface area contributed by atoms with Crippen LogP contribution in [0, 0.1) is 13.8 Å². The quantitative estimate of drug-likeness (QED) is 0.869. The smallest absolute Gasteiger partial charge is 0.212 e. The van der Waals surface area contributed by atoms with Crippen LogP contribution in [0.25, 0.3) is 0 Å². The molecule has 0 aromatic heterocycles. The van der Waals surface area contributed by atoms with Crippen LogP contribution in [-0.2, 0) is 10.0 Å². The van der Waals surface area contributed by atoms with E-state index in [1.165, 1.54) is 0 Å². The Bertz CT molecular complexity index is 471. The topological polar surface area (TPSA) is 46.2 Å². The molecule has 0 radical (unpaired) electrons. The summed E-state index contributed by atoms with van der Waals surface area (Å²) < 4.78 is 25.4. The van der Waals surface area contributed by atoms with Gasteiger partial charge in [-0.3, -0.25) is 0 Å². The first-order chi connectivity index (χ1) is 7.35. The Morgan fingerprint density at radius 1 is 1.38 bits per heavy atom. The van der Waals surface area contributed by atoms with Crippen LogP contribution in [0.15, 0.2) is 18.2 Å². The fourth-order valence-corrected chi connectivity index (χ4v) is 2.72. The highest BCUT2D eigenvalue weighted by molar-refractivity contribution is 9.10. The molecule has 0 bridgehead atoms. The van der Waals surface area contributed by atoms with Crippen LogP contribution in [0.5, 0.6) is 0 Å². The number of hydrogen-bond donors (Lipinski definition) is 1. The molecular formula is C11H16BrNO2S. The van der Waals surface area contributed by atoms with E-state index in [-0.39, 0.29) is 10.7 Å². The van der Waals surface area contributed by atoms with Gasteiger partial charge in [-0.15, -0.1) is 0 Å². The molecule has 1 atom stereocenters. The van der Waals surface area contributed by atoms with Crippen LogP contribution in [0.4, 0.5) is 0 Å². The summed E-state index contributed by atoms with van der Waals surface area (Å²) in [5.41, 5.74) is 3.24. The molecule has 0 heterocycles. The first-order valence-electron chi connectivity index (χ1n) is 4.99. The normalized spacial score (nSPS) is 13.8. The third-order valence-electron chi connectivity index (χ3n) is 2.40. The van der Waals surface area contributed by atoms with Crippen LogP contribution in [-0.4, -0.2) is 13.1 Å². The SMILES string of the molecule is Cc1ccc(C)c(C(C)NS(=O)(=O)CBr)c1. The van der Waals surface area contributed by atoms with Gasteiger partial charge in [0.05, 0.1) is 0 Å². The summed E-state index contributed by atoms with van der Waals surface area (Å²) >= 11 is 2.95. The van der Waals surface area contributed by atoms with E-state index in [0.29, 0.717) is 0 Å². The number of sulfonamides is 1. The lowest BCUT2D eigenvalue weighted by Crippen LogP contribution is -2.27. The van der Waals surface area contributed by atoms with Crippen molar-refractivity contribution in [2.75, 3.05) is 4.66 Å². The number of rotatable bonds is 4. The van der Waals surface area contributed by atoms with Crippen LogP contribution in [0.1, 0.15) is 29.7 Å². The van der Waals surface area contributed by atoms with Crippen LogP contribution < -0.4 is 4.72 Å². The van der Waals surface area contributed by atoms with E-state index < -0.39 is 10.0 Å². The summed E-state index contributed by atoms with van der Waals surface area (Å²) in [6.07, 6.45) is 0. The molecule has 1 aromatic rings. The first-order valence-corrected chi connectivity index (χ1v) is 7.76. The third-order valence-corrected chi connectivity index (χ3v) is 5.21. The maximum absolute atomic E-state index is 11.4. The Morgan fingerprint density at radius 3 is 2.56 bits per heavy atom. The van der Waals surface area contributed by atoms with Crippen molar-refractivity contribution >= 4 is 26.0 Å². The standard InChI is InChI=1S/C11H16BrNO2S/c1-8-4-5-9(2)11(6-8)10(3)13-16(14,15)7-12/h4-6,10,13H,7H2,1-3H3. The van der Waals surface area contributed by atoms with E-state index in [0.717, 1.165) is 16.7 Å². The summed E-state index contributed by atoms with van der Waals surface area (Å²) in [5.74, 6) is 0. The highest BCUT2D eigenvalue weighted by Crippen LogP contribution is 2.19. The lowest BCUT2D eigenvalue weighted by atomic mass is 10.0. The monoisotopic (exact) mass is 305 g/mol. The van der Waals surface area contributed by atoms with E-state index in [9.17, 15) is 8.42 Å². The average molecular weight is 306 g/mol. The molecule has 3 nitrogen and oxygen atoms in total. The molecule has 0 aliphatic heterocycles. The van der Waals surface area contributed by atoms with Gasteiger partial charge < -0.3 is 0 Å². The van der Waals surface area contributed by atoms with Crippen molar-refractivity contribution in [1.29, 1.82) is 0 Å². The van der Waals surface area contributed by atoms with Gasteiger partial charge in [0.15, 0.2) is 0 Å². The van der Waals surface area contributed by atoms with Crippen molar-refractivity contribution in [2.45, 2.75) is 26.8 Å². The van der Waals surface area contributed by atoms with E-state index in [1.807, 2.05) is 39.0 Å². The molecule has 0 spiro atoms. The van der Waals surface area contributed by atoms with Gasteiger partial charge in [-0.2, -0.15) is 0 Å². The largest absolute Gasteiger partial charge is 0.222 e. The predicted octanol–water partition coefficient (Wildman–Crippen LogP) is 2.64. The van der Waals surface area contributed by atoms with Crippen LogP contribution in [0.3, 0.4) is 0 Å². The average Bonchev–Trinajstić information content (AvgIpc) is 2.21. The number of aryl methyl sites for hydroxylation is 2. The number of halogens is 1. The molecule has 16 heavy (non-hydrogen) atoms. The second-order valence-corrected chi connectivity index (χ2v) is 6.98. The van der Waals surface area contributed by atoms with Crippen molar-refractivity contribution < 1.29 is 8.42 Å². The maximum Gasteiger partial charge on any atom is 0.222 e. The van der Waals surface area contributed by atoms with Crippen molar-refractivity contribution in [3.8, 4) is 0 Å². The molecule has 0 fully saturated rings. The lowest BCUT2D eigenvalue weighted by molar-refractivity contribution is 0.571. The molecule has 0 saturated heterocycles. The van der Waals surface area contributed by atoms with Gasteiger partial charge in [-0.1, -0.05) is 39.7 Å². The van der Waals surface area contributed by atoms with Crippen molar-refractivity contribution in [3.05, 3.63) is 34.9 Å². The van der Waals surface area contributed by atoms with Gasteiger partial charge >= 0.3 is 0 Å². The Labute approximate surface area is 105 Å². The van der Waals surface area contributed by atoms with Gasteiger partial charge in [0, 0.05) is 6.04 Å². The van der Waals surface area contributed by atoms with E-state index in [1.54, 1.807) is 0 Å². The van der Waals surface area contributed by atoms with Crippen LogP contribution in [0.2, 0.25) is 0 Å². The first kappa shape index (κ1) is 13.7. The molecule has 0 aliphatic carbocycles. The Balaban J connectivity index is 2.97. The molecule has 1 unspecified atom stereocenters. The van der Waals surface area contributed by atoms with Gasteiger partial charge in [0.1, 0.15) is 4.66 Å². The molecule has 1 N–H and O–H groups in total. The Hall–Kier alpha value is -0.390.